The van der Waals surface area contributed by atoms with Gasteiger partial charge in [-0.15, -0.1) is 0 Å². The topological polar surface area (TPSA) is 66.8 Å². The molecule has 102 valence electrons. The summed E-state index contributed by atoms with van der Waals surface area (Å²) in [5.41, 5.74) is 0.236. The minimum Gasteiger partial charge on any atom is -0.508 e. The summed E-state index contributed by atoms with van der Waals surface area (Å²) >= 11 is 0. The van der Waals surface area contributed by atoms with Gasteiger partial charge in [0.15, 0.2) is 5.78 Å². The van der Waals surface area contributed by atoms with Gasteiger partial charge in [0.05, 0.1) is 12.5 Å². The van der Waals surface area contributed by atoms with Crippen LogP contribution in [-0.4, -0.2) is 22.6 Å². The fraction of sp³-hybridized carbons (Fsp3) is 0.533. The van der Waals surface area contributed by atoms with Crippen molar-refractivity contribution in [3.05, 3.63) is 17.7 Å². The van der Waals surface area contributed by atoms with Gasteiger partial charge in [0.1, 0.15) is 22.8 Å². The normalized spacial score (nSPS) is 23.8. The first-order chi connectivity index (χ1) is 9.16. The molecule has 1 saturated carbocycles. The molecule has 0 amide bonds. The lowest BCUT2D eigenvalue weighted by atomic mass is 9.76. The van der Waals surface area contributed by atoms with Gasteiger partial charge >= 0.3 is 0 Å². The molecule has 2 aliphatic rings. The van der Waals surface area contributed by atoms with Gasteiger partial charge in [-0.25, -0.2) is 0 Å². The Morgan fingerprint density at radius 2 is 1.84 bits per heavy atom. The Bertz CT molecular complexity index is 503. The fourth-order valence-electron chi connectivity index (χ4n) is 3.28. The maximum Gasteiger partial charge on any atom is 0.177 e. The van der Waals surface area contributed by atoms with Crippen LogP contribution in [0, 0.1) is 11.8 Å². The molecule has 19 heavy (non-hydrogen) atoms. The first-order valence-electron chi connectivity index (χ1n) is 6.90. The maximum absolute atomic E-state index is 12.5. The number of Topliss-reactive ketones (excluding diaryl/α,β-unsaturated/α-hetero) is 1. The number of benzene rings is 1. The van der Waals surface area contributed by atoms with E-state index < -0.39 is 0 Å². The largest absolute Gasteiger partial charge is 0.508 e. The van der Waals surface area contributed by atoms with E-state index in [4.69, 9.17) is 4.74 Å². The van der Waals surface area contributed by atoms with Crippen molar-refractivity contribution in [1.82, 2.24) is 0 Å². The van der Waals surface area contributed by atoms with Crippen LogP contribution in [0.2, 0.25) is 0 Å². The van der Waals surface area contributed by atoms with E-state index in [1.807, 2.05) is 0 Å². The average Bonchev–Trinajstić information content (AvgIpc) is 2.39. The molecule has 1 aliphatic carbocycles. The van der Waals surface area contributed by atoms with Crippen molar-refractivity contribution in [3.63, 3.8) is 0 Å². The van der Waals surface area contributed by atoms with E-state index >= 15 is 0 Å². The SMILES string of the molecule is O=C1c2c(O)cc(O)cc2OCC1C1CCCCC1. The van der Waals surface area contributed by atoms with Crippen LogP contribution in [0.3, 0.4) is 0 Å². The predicted octanol–water partition coefficient (Wildman–Crippen LogP) is 2.87. The Balaban J connectivity index is 1.91. The van der Waals surface area contributed by atoms with Gasteiger partial charge in [-0.3, -0.25) is 4.79 Å². The van der Waals surface area contributed by atoms with Crippen LogP contribution in [0.25, 0.3) is 0 Å². The lowest BCUT2D eigenvalue weighted by molar-refractivity contribution is 0.0705. The minimum absolute atomic E-state index is 0.0364. The molecule has 0 bridgehead atoms. The van der Waals surface area contributed by atoms with Crippen molar-refractivity contribution in [2.75, 3.05) is 6.61 Å². The molecule has 0 radical (unpaired) electrons. The first-order valence-corrected chi connectivity index (χ1v) is 6.90. The summed E-state index contributed by atoms with van der Waals surface area (Å²) in [5.74, 6) is 0.215. The number of rotatable bonds is 1. The molecule has 4 nitrogen and oxygen atoms in total. The number of ether oxygens (including phenoxy) is 1. The highest BCUT2D eigenvalue weighted by molar-refractivity contribution is 6.04. The number of carbonyl (C=O) groups is 1. The van der Waals surface area contributed by atoms with Crippen molar-refractivity contribution in [2.24, 2.45) is 11.8 Å². The lowest BCUT2D eigenvalue weighted by Crippen LogP contribution is -2.34. The van der Waals surface area contributed by atoms with Gasteiger partial charge in [0, 0.05) is 12.1 Å². The second-order valence-corrected chi connectivity index (χ2v) is 5.52. The Morgan fingerprint density at radius 1 is 1.11 bits per heavy atom. The lowest BCUT2D eigenvalue weighted by Gasteiger charge is -2.32. The monoisotopic (exact) mass is 262 g/mol. The second-order valence-electron chi connectivity index (χ2n) is 5.52. The molecule has 0 aromatic heterocycles. The maximum atomic E-state index is 12.5. The molecule has 1 aromatic carbocycles. The van der Waals surface area contributed by atoms with E-state index in [1.165, 1.54) is 31.4 Å². The van der Waals surface area contributed by atoms with Gasteiger partial charge in [-0.1, -0.05) is 19.3 Å². The number of fused-ring (bicyclic) bond motifs is 1. The van der Waals surface area contributed by atoms with E-state index in [0.717, 1.165) is 12.8 Å². The summed E-state index contributed by atoms with van der Waals surface area (Å²) in [4.78, 5) is 12.5. The number of carbonyl (C=O) groups excluding carboxylic acids is 1. The number of hydrogen-bond acceptors (Lipinski definition) is 4. The molecular weight excluding hydrogens is 244 g/mol. The van der Waals surface area contributed by atoms with Crippen molar-refractivity contribution < 1.29 is 19.7 Å². The van der Waals surface area contributed by atoms with E-state index in [0.29, 0.717) is 18.3 Å². The summed E-state index contributed by atoms with van der Waals surface area (Å²) < 4.78 is 5.58. The third-order valence-electron chi connectivity index (χ3n) is 4.29. The summed E-state index contributed by atoms with van der Waals surface area (Å²) in [7, 11) is 0. The molecule has 1 atom stereocenters. The number of aromatic hydroxyl groups is 2. The molecule has 0 spiro atoms. The van der Waals surface area contributed by atoms with E-state index in [2.05, 4.69) is 0 Å². The van der Waals surface area contributed by atoms with Gasteiger partial charge < -0.3 is 14.9 Å². The number of hydrogen-bond donors (Lipinski definition) is 2. The van der Waals surface area contributed by atoms with Crippen LogP contribution in [0.15, 0.2) is 12.1 Å². The smallest absolute Gasteiger partial charge is 0.177 e. The molecule has 1 fully saturated rings. The zero-order valence-electron chi connectivity index (χ0n) is 10.8. The van der Waals surface area contributed by atoms with Crippen LogP contribution in [-0.2, 0) is 0 Å². The standard InChI is InChI=1S/C15H18O4/c16-10-6-12(17)14-13(7-10)19-8-11(15(14)18)9-4-2-1-3-5-9/h6-7,9,11,16-17H,1-5,8H2. The highest BCUT2D eigenvalue weighted by Gasteiger charge is 2.37. The number of phenolic OH excluding ortho intramolecular Hbond substituents is 2. The molecular formula is C15H18O4. The van der Waals surface area contributed by atoms with Crippen molar-refractivity contribution >= 4 is 5.78 Å². The molecule has 1 aliphatic heterocycles. The highest BCUT2D eigenvalue weighted by Crippen LogP contribution is 2.41. The highest BCUT2D eigenvalue weighted by atomic mass is 16.5. The molecule has 2 N–H and O–H groups in total. The summed E-state index contributed by atoms with van der Waals surface area (Å²) in [5, 5.41) is 19.3. The Labute approximate surface area is 112 Å². The van der Waals surface area contributed by atoms with Crippen molar-refractivity contribution in [3.8, 4) is 17.2 Å². The number of ketones is 1. The van der Waals surface area contributed by atoms with Gasteiger partial charge in [-0.05, 0) is 18.8 Å². The second kappa shape index (κ2) is 4.76. The van der Waals surface area contributed by atoms with Crippen LogP contribution >= 0.6 is 0 Å². The van der Waals surface area contributed by atoms with Crippen LogP contribution in [0.5, 0.6) is 17.2 Å². The Hall–Kier alpha value is -1.71. The summed E-state index contributed by atoms with van der Waals surface area (Å²) in [6, 6.07) is 2.59. The molecule has 1 aromatic rings. The van der Waals surface area contributed by atoms with E-state index in [1.54, 1.807) is 0 Å². The minimum atomic E-state index is -0.180. The van der Waals surface area contributed by atoms with Crippen molar-refractivity contribution in [1.29, 1.82) is 0 Å². The first kappa shape index (κ1) is 12.3. The molecule has 1 heterocycles. The zero-order chi connectivity index (χ0) is 13.4. The molecule has 4 heteroatoms. The predicted molar refractivity (Wildman–Crippen MR) is 69.7 cm³/mol. The van der Waals surface area contributed by atoms with E-state index in [-0.39, 0.29) is 28.8 Å². The van der Waals surface area contributed by atoms with Crippen LogP contribution in [0.4, 0.5) is 0 Å². The third kappa shape index (κ3) is 2.15. The quantitative estimate of drug-likeness (QED) is 0.816. The molecule has 1 unspecified atom stereocenters. The Morgan fingerprint density at radius 3 is 2.58 bits per heavy atom. The fourth-order valence-corrected chi connectivity index (χ4v) is 3.28. The summed E-state index contributed by atoms with van der Waals surface area (Å²) in [6.45, 7) is 0.361. The van der Waals surface area contributed by atoms with Gasteiger partial charge in [0.25, 0.3) is 0 Å². The zero-order valence-corrected chi connectivity index (χ0v) is 10.8. The van der Waals surface area contributed by atoms with E-state index in [9.17, 15) is 15.0 Å². The van der Waals surface area contributed by atoms with Crippen molar-refractivity contribution in [2.45, 2.75) is 32.1 Å². The third-order valence-corrected chi connectivity index (χ3v) is 4.29. The molecule has 3 rings (SSSR count). The number of phenols is 2. The van der Waals surface area contributed by atoms with Crippen LogP contribution in [0.1, 0.15) is 42.5 Å². The Kier molecular flexibility index (Phi) is 3.09. The van der Waals surface area contributed by atoms with Gasteiger partial charge in [-0.2, -0.15) is 0 Å². The van der Waals surface area contributed by atoms with Crippen LogP contribution < -0.4 is 4.74 Å². The average molecular weight is 262 g/mol. The molecule has 0 saturated heterocycles. The van der Waals surface area contributed by atoms with Gasteiger partial charge in [0.2, 0.25) is 0 Å². The summed E-state index contributed by atoms with van der Waals surface area (Å²) in [6.07, 6.45) is 5.71.